The Balaban J connectivity index is 0.00000529. The van der Waals surface area contributed by atoms with E-state index in [2.05, 4.69) is 35.5 Å². The van der Waals surface area contributed by atoms with E-state index in [1.54, 1.807) is 21.3 Å². The quantitative estimate of drug-likeness (QED) is 0.263. The highest BCUT2D eigenvalue weighted by molar-refractivity contribution is 14.0. The van der Waals surface area contributed by atoms with Crippen molar-refractivity contribution in [1.29, 1.82) is 0 Å². The summed E-state index contributed by atoms with van der Waals surface area (Å²) in [6, 6.07) is 6.01. The van der Waals surface area contributed by atoms with Gasteiger partial charge in [-0.3, -0.25) is 4.99 Å². The number of benzene rings is 1. The summed E-state index contributed by atoms with van der Waals surface area (Å²) in [7, 11) is 5.10. The Morgan fingerprint density at radius 3 is 2.33 bits per heavy atom. The van der Waals surface area contributed by atoms with E-state index >= 15 is 0 Å². The highest BCUT2D eigenvalue weighted by Crippen LogP contribution is 2.27. The van der Waals surface area contributed by atoms with Gasteiger partial charge in [-0.2, -0.15) is 0 Å². The predicted molar refractivity (Wildman–Crippen MR) is 112 cm³/mol. The van der Waals surface area contributed by atoms with Gasteiger partial charge in [-0.05, 0) is 42.9 Å². The third-order valence-corrected chi connectivity index (χ3v) is 3.63. The van der Waals surface area contributed by atoms with Crippen LogP contribution in [0, 0.1) is 5.92 Å². The first-order valence-corrected chi connectivity index (χ1v) is 8.26. The van der Waals surface area contributed by atoms with Gasteiger partial charge in [0.25, 0.3) is 0 Å². The second-order valence-corrected chi connectivity index (χ2v) is 5.90. The normalized spacial score (nSPS) is 11.0. The van der Waals surface area contributed by atoms with Gasteiger partial charge in [0.15, 0.2) is 17.5 Å². The monoisotopic (exact) mass is 449 g/mol. The van der Waals surface area contributed by atoms with E-state index in [4.69, 9.17) is 9.47 Å². The van der Waals surface area contributed by atoms with Gasteiger partial charge < -0.3 is 20.1 Å². The largest absolute Gasteiger partial charge is 0.493 e. The van der Waals surface area contributed by atoms with Gasteiger partial charge in [0.2, 0.25) is 0 Å². The minimum Gasteiger partial charge on any atom is -0.493 e. The predicted octanol–water partition coefficient (Wildman–Crippen LogP) is 3.47. The van der Waals surface area contributed by atoms with Crippen LogP contribution in [0.25, 0.3) is 0 Å². The maximum absolute atomic E-state index is 5.33. The number of nitrogens with one attached hydrogen (secondary N) is 2. The van der Waals surface area contributed by atoms with Crippen molar-refractivity contribution in [3.63, 3.8) is 0 Å². The number of rotatable bonds is 9. The molecule has 5 nitrogen and oxygen atoms in total. The molecule has 0 saturated heterocycles. The molecule has 0 radical (unpaired) electrons. The Kier molecular flexibility index (Phi) is 12.5. The zero-order valence-corrected chi connectivity index (χ0v) is 17.8. The van der Waals surface area contributed by atoms with Crippen molar-refractivity contribution in [3.8, 4) is 11.5 Å². The Bertz CT molecular complexity index is 493. The van der Waals surface area contributed by atoms with Crippen LogP contribution in [0.4, 0.5) is 0 Å². The molecule has 0 bridgehead atoms. The summed E-state index contributed by atoms with van der Waals surface area (Å²) in [6.45, 7) is 6.26. The van der Waals surface area contributed by atoms with Crippen LogP contribution in [0.15, 0.2) is 23.2 Å². The number of halogens is 1. The molecule has 1 rings (SSSR count). The van der Waals surface area contributed by atoms with Crippen LogP contribution in [0.2, 0.25) is 0 Å². The molecule has 2 N–H and O–H groups in total. The fourth-order valence-electron chi connectivity index (χ4n) is 2.30. The van der Waals surface area contributed by atoms with Crippen molar-refractivity contribution in [2.24, 2.45) is 10.9 Å². The summed E-state index contributed by atoms with van der Waals surface area (Å²) in [5.41, 5.74) is 1.20. The van der Waals surface area contributed by atoms with Crippen LogP contribution in [-0.2, 0) is 6.42 Å². The molecule has 0 aliphatic carbocycles. The number of ether oxygens (including phenoxy) is 2. The Morgan fingerprint density at radius 2 is 1.75 bits per heavy atom. The summed E-state index contributed by atoms with van der Waals surface area (Å²) < 4.78 is 10.6. The van der Waals surface area contributed by atoms with E-state index in [9.17, 15) is 0 Å². The standard InChI is InChI=1S/C18H31N3O2.HI/c1-14(2)7-6-11-20-18(19-3)21-12-10-15-8-9-16(22-4)17(13-15)23-5;/h8-9,13-14H,6-7,10-12H2,1-5H3,(H2,19,20,21);1H. The number of hydrogen-bond acceptors (Lipinski definition) is 3. The smallest absolute Gasteiger partial charge is 0.190 e. The minimum absolute atomic E-state index is 0. The molecule has 0 amide bonds. The van der Waals surface area contributed by atoms with Crippen LogP contribution < -0.4 is 20.1 Å². The first kappa shape index (κ1) is 22.8. The van der Waals surface area contributed by atoms with Gasteiger partial charge in [-0.15, -0.1) is 24.0 Å². The maximum atomic E-state index is 5.33. The average Bonchev–Trinajstić information content (AvgIpc) is 2.56. The summed E-state index contributed by atoms with van der Waals surface area (Å²) in [6.07, 6.45) is 3.29. The maximum Gasteiger partial charge on any atom is 0.190 e. The Morgan fingerprint density at radius 1 is 1.08 bits per heavy atom. The second kappa shape index (κ2) is 13.1. The molecule has 0 unspecified atom stereocenters. The van der Waals surface area contributed by atoms with E-state index in [0.717, 1.165) is 49.3 Å². The van der Waals surface area contributed by atoms with Crippen LogP contribution >= 0.6 is 24.0 Å². The van der Waals surface area contributed by atoms with Gasteiger partial charge in [0.1, 0.15) is 0 Å². The van der Waals surface area contributed by atoms with E-state index in [0.29, 0.717) is 0 Å². The molecule has 0 atom stereocenters. The van der Waals surface area contributed by atoms with Crippen molar-refractivity contribution in [2.45, 2.75) is 33.1 Å². The van der Waals surface area contributed by atoms with Gasteiger partial charge in [-0.1, -0.05) is 19.9 Å². The van der Waals surface area contributed by atoms with E-state index in [1.165, 1.54) is 12.0 Å². The van der Waals surface area contributed by atoms with Gasteiger partial charge in [-0.25, -0.2) is 0 Å². The zero-order chi connectivity index (χ0) is 17.1. The molecule has 0 aromatic heterocycles. The third-order valence-electron chi connectivity index (χ3n) is 3.63. The van der Waals surface area contributed by atoms with Crippen molar-refractivity contribution < 1.29 is 9.47 Å². The summed E-state index contributed by atoms with van der Waals surface area (Å²) >= 11 is 0. The van der Waals surface area contributed by atoms with Crippen molar-refractivity contribution in [3.05, 3.63) is 23.8 Å². The zero-order valence-electron chi connectivity index (χ0n) is 15.5. The fraction of sp³-hybridized carbons (Fsp3) is 0.611. The van der Waals surface area contributed by atoms with E-state index in [1.807, 2.05) is 12.1 Å². The van der Waals surface area contributed by atoms with Gasteiger partial charge >= 0.3 is 0 Å². The number of hydrogen-bond donors (Lipinski definition) is 2. The van der Waals surface area contributed by atoms with Gasteiger partial charge in [0.05, 0.1) is 14.2 Å². The lowest BCUT2D eigenvalue weighted by molar-refractivity contribution is 0.354. The molecule has 0 saturated carbocycles. The third kappa shape index (κ3) is 8.61. The van der Waals surface area contributed by atoms with Crippen molar-refractivity contribution in [2.75, 3.05) is 34.4 Å². The fourth-order valence-corrected chi connectivity index (χ4v) is 2.30. The highest BCUT2D eigenvalue weighted by Gasteiger charge is 2.05. The van der Waals surface area contributed by atoms with Crippen LogP contribution in [0.1, 0.15) is 32.3 Å². The van der Waals surface area contributed by atoms with E-state index in [-0.39, 0.29) is 24.0 Å². The molecule has 0 aliphatic heterocycles. The summed E-state index contributed by atoms with van der Waals surface area (Å²) in [5.74, 6) is 3.12. The molecular weight excluding hydrogens is 417 g/mol. The van der Waals surface area contributed by atoms with Crippen LogP contribution in [-0.4, -0.2) is 40.3 Å². The SMILES string of the molecule is CN=C(NCCCC(C)C)NCCc1ccc(OC)c(OC)c1.I. The molecule has 0 heterocycles. The molecule has 1 aromatic carbocycles. The van der Waals surface area contributed by atoms with Crippen LogP contribution in [0.5, 0.6) is 11.5 Å². The molecule has 138 valence electrons. The van der Waals surface area contributed by atoms with Crippen molar-refractivity contribution >= 4 is 29.9 Å². The second-order valence-electron chi connectivity index (χ2n) is 5.90. The molecule has 24 heavy (non-hydrogen) atoms. The molecular formula is C18H32IN3O2. The van der Waals surface area contributed by atoms with Gasteiger partial charge in [0, 0.05) is 20.1 Å². The number of aliphatic imine (C=N–C) groups is 1. The number of guanidine groups is 1. The number of nitrogens with zero attached hydrogens (tertiary/aromatic N) is 1. The molecule has 1 aromatic rings. The van der Waals surface area contributed by atoms with Crippen LogP contribution in [0.3, 0.4) is 0 Å². The Hall–Kier alpha value is -1.18. The Labute approximate surface area is 163 Å². The lowest BCUT2D eigenvalue weighted by Gasteiger charge is -2.13. The molecule has 6 heteroatoms. The molecule has 0 aliphatic rings. The first-order valence-electron chi connectivity index (χ1n) is 8.26. The highest BCUT2D eigenvalue weighted by atomic mass is 127. The molecule has 0 spiro atoms. The summed E-state index contributed by atoms with van der Waals surface area (Å²) in [5, 5.41) is 6.68. The van der Waals surface area contributed by atoms with E-state index < -0.39 is 0 Å². The molecule has 0 fully saturated rings. The summed E-state index contributed by atoms with van der Waals surface area (Å²) in [4.78, 5) is 4.25. The topological polar surface area (TPSA) is 54.9 Å². The minimum atomic E-state index is 0. The van der Waals surface area contributed by atoms with Crippen molar-refractivity contribution in [1.82, 2.24) is 10.6 Å². The number of methoxy groups -OCH3 is 2. The lowest BCUT2D eigenvalue weighted by atomic mass is 10.1. The average molecular weight is 449 g/mol. The first-order chi connectivity index (χ1) is 11.1. The lowest BCUT2D eigenvalue weighted by Crippen LogP contribution is -2.38.